The third kappa shape index (κ3) is 3.51. The van der Waals surface area contributed by atoms with E-state index in [0.29, 0.717) is 29.9 Å². The van der Waals surface area contributed by atoms with Crippen LogP contribution in [0.1, 0.15) is 43.9 Å². The van der Waals surface area contributed by atoms with Crippen LogP contribution in [0.25, 0.3) is 0 Å². The predicted octanol–water partition coefficient (Wildman–Crippen LogP) is 4.34. The maximum Gasteiger partial charge on any atom is 0.416 e. The normalized spacial score (nSPS) is 19.1. The molecule has 1 fully saturated rings. The largest absolute Gasteiger partial charge is 0.496 e. The minimum Gasteiger partial charge on any atom is -0.496 e. The van der Waals surface area contributed by atoms with Gasteiger partial charge >= 0.3 is 6.18 Å². The number of methoxy groups -OCH3 is 1. The van der Waals surface area contributed by atoms with Crippen LogP contribution in [0.4, 0.5) is 13.2 Å². The topological polar surface area (TPSA) is 29.5 Å². The Balaban J connectivity index is 2.44. The van der Waals surface area contributed by atoms with Crippen molar-refractivity contribution in [1.29, 1.82) is 0 Å². The molecule has 0 N–H and O–H groups in total. The molecule has 1 atom stereocenters. The molecule has 0 spiro atoms. The zero-order valence-corrected chi connectivity index (χ0v) is 13.4. The molecule has 3 nitrogen and oxygen atoms in total. The van der Waals surface area contributed by atoms with Gasteiger partial charge in [0.05, 0.1) is 18.7 Å². The van der Waals surface area contributed by atoms with Crippen molar-refractivity contribution < 1.29 is 22.7 Å². The number of ether oxygens (including phenoxy) is 1. The number of halogens is 3. The molecule has 0 aromatic heterocycles. The lowest BCUT2D eigenvalue weighted by Gasteiger charge is -2.27. The van der Waals surface area contributed by atoms with Gasteiger partial charge in [-0.05, 0) is 44.9 Å². The molecule has 1 aliphatic rings. The van der Waals surface area contributed by atoms with Gasteiger partial charge in [-0.1, -0.05) is 6.08 Å². The van der Waals surface area contributed by atoms with E-state index in [2.05, 4.69) is 0 Å². The van der Waals surface area contributed by atoms with Crippen molar-refractivity contribution in [2.75, 3.05) is 13.7 Å². The maximum absolute atomic E-state index is 13.0. The first-order valence-electron chi connectivity index (χ1n) is 7.48. The molecule has 0 radical (unpaired) electrons. The quantitative estimate of drug-likeness (QED) is 0.773. The summed E-state index contributed by atoms with van der Waals surface area (Å²) in [6, 6.07) is 3.03. The number of hydrogen-bond acceptors (Lipinski definition) is 2. The van der Waals surface area contributed by atoms with Gasteiger partial charge in [0.2, 0.25) is 5.91 Å². The van der Waals surface area contributed by atoms with E-state index in [1.165, 1.54) is 13.2 Å². The third-order valence-electron chi connectivity index (χ3n) is 4.20. The van der Waals surface area contributed by atoms with Crippen molar-refractivity contribution in [3.63, 3.8) is 0 Å². The first-order chi connectivity index (χ1) is 10.8. The number of amides is 1. The lowest BCUT2D eigenvalue weighted by atomic mass is 9.99. The van der Waals surface area contributed by atoms with Gasteiger partial charge in [-0.2, -0.15) is 13.2 Å². The number of likely N-dealkylation sites (tertiary alicyclic amines) is 1. The van der Waals surface area contributed by atoms with E-state index in [1.54, 1.807) is 24.8 Å². The summed E-state index contributed by atoms with van der Waals surface area (Å²) in [5.74, 6) is 0.232. The predicted molar refractivity (Wildman–Crippen MR) is 81.1 cm³/mol. The van der Waals surface area contributed by atoms with Gasteiger partial charge in [0, 0.05) is 17.7 Å². The van der Waals surface area contributed by atoms with Gasteiger partial charge in [0.1, 0.15) is 5.75 Å². The smallest absolute Gasteiger partial charge is 0.416 e. The van der Waals surface area contributed by atoms with Crippen molar-refractivity contribution in [2.45, 2.75) is 38.9 Å². The molecule has 2 rings (SSSR count). The minimum atomic E-state index is -4.42. The van der Waals surface area contributed by atoms with Crippen LogP contribution < -0.4 is 4.74 Å². The fraction of sp³-hybridized carbons (Fsp3) is 0.471. The molecule has 0 saturated carbocycles. The number of carbonyl (C=O) groups excluding carboxylic acids is 1. The second-order valence-corrected chi connectivity index (χ2v) is 5.58. The first-order valence-corrected chi connectivity index (χ1v) is 7.48. The average Bonchev–Trinajstić information content (AvgIpc) is 3.01. The van der Waals surface area contributed by atoms with E-state index >= 15 is 0 Å². The number of allylic oxidation sites excluding steroid dienone is 1. The van der Waals surface area contributed by atoms with E-state index in [0.717, 1.165) is 18.6 Å². The van der Waals surface area contributed by atoms with E-state index in [4.69, 9.17) is 4.74 Å². The number of hydrogen-bond donors (Lipinski definition) is 0. The van der Waals surface area contributed by atoms with E-state index in [9.17, 15) is 18.0 Å². The number of carbonyl (C=O) groups is 1. The molecule has 1 amide bonds. The maximum atomic E-state index is 13.0. The summed E-state index contributed by atoms with van der Waals surface area (Å²) in [5.41, 5.74) is 0.273. The molecule has 23 heavy (non-hydrogen) atoms. The molecule has 1 aliphatic heterocycles. The Morgan fingerprint density at radius 3 is 2.65 bits per heavy atom. The average molecular weight is 327 g/mol. The number of rotatable bonds is 3. The Hall–Kier alpha value is -1.98. The zero-order valence-electron chi connectivity index (χ0n) is 13.4. The molecule has 126 valence electrons. The fourth-order valence-electron chi connectivity index (χ4n) is 2.85. The summed E-state index contributed by atoms with van der Waals surface area (Å²) in [6.07, 6.45) is -1.33. The van der Waals surface area contributed by atoms with Crippen LogP contribution in [-0.4, -0.2) is 24.5 Å². The molecule has 1 saturated heterocycles. The molecule has 0 aliphatic carbocycles. The SMILES string of the molecule is C/C=C(\C)C(=O)N1CCCC1c1cc(C(F)(F)F)ccc1OC. The number of alkyl halides is 3. The third-order valence-corrected chi connectivity index (χ3v) is 4.20. The standard InChI is InChI=1S/C17H20F3NO2/c1-4-11(2)16(22)21-9-5-6-14(21)13-10-12(17(18,19)20)7-8-15(13)23-3/h4,7-8,10,14H,5-6,9H2,1-3H3/b11-4+. The Morgan fingerprint density at radius 2 is 2.09 bits per heavy atom. The second-order valence-electron chi connectivity index (χ2n) is 5.58. The van der Waals surface area contributed by atoms with Crippen LogP contribution in [0.3, 0.4) is 0 Å². The first kappa shape index (κ1) is 17.4. The lowest BCUT2D eigenvalue weighted by molar-refractivity contribution is -0.137. The zero-order chi connectivity index (χ0) is 17.2. The van der Waals surface area contributed by atoms with Crippen LogP contribution >= 0.6 is 0 Å². The van der Waals surface area contributed by atoms with Crippen molar-refractivity contribution >= 4 is 5.91 Å². The molecule has 1 aromatic carbocycles. The molecule has 1 heterocycles. The van der Waals surface area contributed by atoms with Crippen molar-refractivity contribution in [3.8, 4) is 5.75 Å². The van der Waals surface area contributed by atoms with Gasteiger partial charge in [-0.3, -0.25) is 4.79 Å². The Labute approximate surface area is 133 Å². The van der Waals surface area contributed by atoms with Gasteiger partial charge in [-0.15, -0.1) is 0 Å². The summed E-state index contributed by atoms with van der Waals surface area (Å²) in [5, 5.41) is 0. The summed E-state index contributed by atoms with van der Waals surface area (Å²) >= 11 is 0. The molecule has 0 bridgehead atoms. The Kier molecular flexibility index (Phi) is 5.02. The summed E-state index contributed by atoms with van der Waals surface area (Å²) in [6.45, 7) is 4.01. The van der Waals surface area contributed by atoms with Crippen LogP contribution in [0.5, 0.6) is 5.75 Å². The fourth-order valence-corrected chi connectivity index (χ4v) is 2.85. The summed E-state index contributed by atoms with van der Waals surface area (Å²) in [7, 11) is 1.42. The summed E-state index contributed by atoms with van der Waals surface area (Å²) < 4.78 is 44.2. The van der Waals surface area contributed by atoms with Crippen LogP contribution in [0.15, 0.2) is 29.8 Å². The molecule has 1 unspecified atom stereocenters. The van der Waals surface area contributed by atoms with Crippen LogP contribution in [-0.2, 0) is 11.0 Å². The van der Waals surface area contributed by atoms with Gasteiger partial charge in [0.25, 0.3) is 0 Å². The van der Waals surface area contributed by atoms with E-state index in [1.807, 2.05) is 0 Å². The van der Waals surface area contributed by atoms with Crippen LogP contribution in [0, 0.1) is 0 Å². The van der Waals surface area contributed by atoms with Crippen molar-refractivity contribution in [1.82, 2.24) is 4.90 Å². The minimum absolute atomic E-state index is 0.144. The molecule has 1 aromatic rings. The van der Waals surface area contributed by atoms with Crippen molar-refractivity contribution in [3.05, 3.63) is 41.0 Å². The van der Waals surface area contributed by atoms with E-state index in [-0.39, 0.29) is 5.91 Å². The number of nitrogens with zero attached hydrogens (tertiary/aromatic N) is 1. The summed E-state index contributed by atoms with van der Waals surface area (Å²) in [4.78, 5) is 14.1. The second kappa shape index (κ2) is 6.64. The highest BCUT2D eigenvalue weighted by Crippen LogP contribution is 2.40. The Morgan fingerprint density at radius 1 is 1.39 bits per heavy atom. The highest BCUT2D eigenvalue weighted by molar-refractivity contribution is 5.93. The molecular formula is C17H20F3NO2. The van der Waals surface area contributed by atoms with Crippen molar-refractivity contribution in [2.24, 2.45) is 0 Å². The molecule has 6 heteroatoms. The van der Waals surface area contributed by atoms with E-state index < -0.39 is 17.8 Å². The van der Waals surface area contributed by atoms with Crippen LogP contribution in [0.2, 0.25) is 0 Å². The monoisotopic (exact) mass is 327 g/mol. The highest BCUT2D eigenvalue weighted by Gasteiger charge is 2.36. The van der Waals surface area contributed by atoms with Gasteiger partial charge in [0.15, 0.2) is 0 Å². The van der Waals surface area contributed by atoms with Gasteiger partial charge in [-0.25, -0.2) is 0 Å². The molecular weight excluding hydrogens is 307 g/mol. The number of benzene rings is 1. The highest BCUT2D eigenvalue weighted by atomic mass is 19.4. The lowest BCUT2D eigenvalue weighted by Crippen LogP contribution is -2.31. The van der Waals surface area contributed by atoms with Gasteiger partial charge < -0.3 is 9.64 Å². The Bertz CT molecular complexity index is 623.